The van der Waals surface area contributed by atoms with Crippen molar-refractivity contribution in [3.05, 3.63) is 57.6 Å². The number of anilines is 2. The molecule has 0 aliphatic rings. The van der Waals surface area contributed by atoms with E-state index < -0.39 is 0 Å². The predicted molar refractivity (Wildman–Crippen MR) is 89.2 cm³/mol. The molecule has 98 valence electrons. The number of benzene rings is 2. The number of hydrogen-bond acceptors (Lipinski definition) is 2. The fourth-order valence-electron chi connectivity index (χ4n) is 1.86. The summed E-state index contributed by atoms with van der Waals surface area (Å²) < 4.78 is 0.960. The van der Waals surface area contributed by atoms with Crippen molar-refractivity contribution in [3.8, 4) is 0 Å². The summed E-state index contributed by atoms with van der Waals surface area (Å²) >= 11 is 8.53. The predicted octanol–water partition coefficient (Wildman–Crippen LogP) is 4.44. The highest BCUT2D eigenvalue weighted by Gasteiger charge is 2.08. The van der Waals surface area contributed by atoms with Gasteiger partial charge in [-0.05, 0) is 49.2 Å². The number of rotatable bonds is 3. The third-order valence-electron chi connectivity index (χ3n) is 3.12. The van der Waals surface area contributed by atoms with Gasteiger partial charge in [-0.25, -0.2) is 0 Å². The Morgan fingerprint density at radius 1 is 1.16 bits per heavy atom. The molecular weight excluding hydrogens is 320 g/mol. The molecule has 0 atom stereocenters. The van der Waals surface area contributed by atoms with E-state index in [0.717, 1.165) is 21.4 Å². The summed E-state index contributed by atoms with van der Waals surface area (Å²) in [4.78, 5) is 0.383. The first-order valence-corrected chi connectivity index (χ1v) is 7.12. The van der Waals surface area contributed by atoms with Gasteiger partial charge in [-0.2, -0.15) is 0 Å². The Bertz CT molecular complexity index is 638. The van der Waals surface area contributed by atoms with Gasteiger partial charge in [0.15, 0.2) is 0 Å². The van der Waals surface area contributed by atoms with Crippen LogP contribution in [0.2, 0.25) is 0 Å². The van der Waals surface area contributed by atoms with Gasteiger partial charge in [0.1, 0.15) is 4.99 Å². The Morgan fingerprint density at radius 2 is 1.89 bits per heavy atom. The topological polar surface area (TPSA) is 38.0 Å². The molecule has 0 radical (unpaired) electrons. The van der Waals surface area contributed by atoms with Crippen LogP contribution in [-0.4, -0.2) is 4.99 Å². The van der Waals surface area contributed by atoms with Crippen molar-refractivity contribution in [1.82, 2.24) is 0 Å². The monoisotopic (exact) mass is 334 g/mol. The van der Waals surface area contributed by atoms with Crippen molar-refractivity contribution in [1.29, 1.82) is 0 Å². The number of nitrogens with two attached hydrogens (primary N) is 1. The third kappa shape index (κ3) is 3.14. The van der Waals surface area contributed by atoms with E-state index in [-0.39, 0.29) is 0 Å². The summed E-state index contributed by atoms with van der Waals surface area (Å²) in [7, 11) is 0. The minimum atomic E-state index is 0.383. The van der Waals surface area contributed by atoms with Crippen molar-refractivity contribution in [2.75, 3.05) is 5.32 Å². The van der Waals surface area contributed by atoms with E-state index in [0.29, 0.717) is 4.99 Å². The van der Waals surface area contributed by atoms with Crippen LogP contribution in [0.4, 0.5) is 11.4 Å². The van der Waals surface area contributed by atoms with E-state index in [2.05, 4.69) is 41.2 Å². The van der Waals surface area contributed by atoms with E-state index in [1.54, 1.807) is 0 Å². The Hall–Kier alpha value is -1.39. The average Bonchev–Trinajstić information content (AvgIpc) is 2.36. The molecule has 0 aliphatic heterocycles. The summed E-state index contributed by atoms with van der Waals surface area (Å²) in [5, 5.41) is 3.40. The van der Waals surface area contributed by atoms with E-state index >= 15 is 0 Å². The molecule has 2 nitrogen and oxygen atoms in total. The van der Waals surface area contributed by atoms with Gasteiger partial charge in [-0.3, -0.25) is 0 Å². The zero-order chi connectivity index (χ0) is 14.0. The third-order valence-corrected chi connectivity index (χ3v) is 3.83. The van der Waals surface area contributed by atoms with Crippen LogP contribution in [0.25, 0.3) is 0 Å². The molecule has 2 aromatic carbocycles. The van der Waals surface area contributed by atoms with Crippen molar-refractivity contribution < 1.29 is 0 Å². The zero-order valence-electron chi connectivity index (χ0n) is 10.8. The molecule has 0 unspecified atom stereocenters. The van der Waals surface area contributed by atoms with Gasteiger partial charge in [-0.15, -0.1) is 0 Å². The first-order valence-electron chi connectivity index (χ1n) is 5.91. The molecule has 0 amide bonds. The molecule has 0 fully saturated rings. The van der Waals surface area contributed by atoms with Gasteiger partial charge < -0.3 is 11.1 Å². The largest absolute Gasteiger partial charge is 0.389 e. The maximum Gasteiger partial charge on any atom is 0.106 e. The molecule has 2 aromatic rings. The van der Waals surface area contributed by atoms with Crippen LogP contribution in [0.5, 0.6) is 0 Å². The highest BCUT2D eigenvalue weighted by Crippen LogP contribution is 2.27. The summed E-state index contributed by atoms with van der Waals surface area (Å²) in [5.41, 5.74) is 11.1. The molecule has 0 aromatic heterocycles. The van der Waals surface area contributed by atoms with Gasteiger partial charge in [-0.1, -0.05) is 40.3 Å². The first kappa shape index (κ1) is 14.0. The molecular formula is C15H15BrN2S. The number of thiocarbonyl (C=S) groups is 1. The van der Waals surface area contributed by atoms with Gasteiger partial charge in [0.2, 0.25) is 0 Å². The Balaban J connectivity index is 2.44. The fraction of sp³-hybridized carbons (Fsp3) is 0.133. The lowest BCUT2D eigenvalue weighted by Gasteiger charge is -2.14. The van der Waals surface area contributed by atoms with Crippen LogP contribution in [0.3, 0.4) is 0 Å². The van der Waals surface area contributed by atoms with Gasteiger partial charge in [0.05, 0.1) is 0 Å². The molecule has 0 spiro atoms. The van der Waals surface area contributed by atoms with Crippen molar-refractivity contribution in [3.63, 3.8) is 0 Å². The molecule has 0 saturated carbocycles. The SMILES string of the molecule is Cc1cccc(Nc2ccc(Br)cc2C(N)=S)c1C. The minimum absolute atomic E-state index is 0.383. The number of aryl methyl sites for hydroxylation is 1. The maximum absolute atomic E-state index is 5.78. The number of hydrogen-bond donors (Lipinski definition) is 2. The van der Waals surface area contributed by atoms with Crippen LogP contribution in [0, 0.1) is 13.8 Å². The molecule has 4 heteroatoms. The van der Waals surface area contributed by atoms with Crippen LogP contribution >= 0.6 is 28.1 Å². The van der Waals surface area contributed by atoms with Crippen molar-refractivity contribution in [2.45, 2.75) is 13.8 Å². The zero-order valence-corrected chi connectivity index (χ0v) is 13.2. The first-order chi connectivity index (χ1) is 8.99. The molecule has 0 heterocycles. The smallest absolute Gasteiger partial charge is 0.106 e. The molecule has 19 heavy (non-hydrogen) atoms. The van der Waals surface area contributed by atoms with Gasteiger partial charge in [0.25, 0.3) is 0 Å². The molecule has 2 rings (SSSR count). The second-order valence-electron chi connectivity index (χ2n) is 4.43. The molecule has 3 N–H and O–H groups in total. The highest BCUT2D eigenvalue weighted by atomic mass is 79.9. The Kier molecular flexibility index (Phi) is 4.22. The molecule has 0 bridgehead atoms. The Labute approximate surface area is 127 Å². The average molecular weight is 335 g/mol. The van der Waals surface area contributed by atoms with Crippen LogP contribution in [-0.2, 0) is 0 Å². The van der Waals surface area contributed by atoms with E-state index in [1.807, 2.05) is 30.3 Å². The Morgan fingerprint density at radius 3 is 2.58 bits per heavy atom. The second kappa shape index (κ2) is 5.72. The molecule has 0 aliphatic carbocycles. The summed E-state index contributed by atoms with van der Waals surface area (Å²) in [6.45, 7) is 4.19. The fourth-order valence-corrected chi connectivity index (χ4v) is 2.39. The second-order valence-corrected chi connectivity index (χ2v) is 5.78. The van der Waals surface area contributed by atoms with Crippen LogP contribution < -0.4 is 11.1 Å². The lowest BCUT2D eigenvalue weighted by atomic mass is 10.1. The standard InChI is InChI=1S/C15H15BrN2S/c1-9-4-3-5-13(10(9)2)18-14-7-6-11(16)8-12(14)15(17)19/h3-8,18H,1-2H3,(H2,17,19). The van der Waals surface area contributed by atoms with E-state index in [9.17, 15) is 0 Å². The van der Waals surface area contributed by atoms with E-state index in [4.69, 9.17) is 18.0 Å². The van der Waals surface area contributed by atoms with Crippen molar-refractivity contribution in [2.24, 2.45) is 5.73 Å². The van der Waals surface area contributed by atoms with Gasteiger partial charge in [0, 0.05) is 21.4 Å². The summed E-state index contributed by atoms with van der Waals surface area (Å²) in [6, 6.07) is 12.0. The minimum Gasteiger partial charge on any atom is -0.389 e. The van der Waals surface area contributed by atoms with Crippen molar-refractivity contribution >= 4 is 44.5 Å². The van der Waals surface area contributed by atoms with Gasteiger partial charge >= 0.3 is 0 Å². The number of nitrogens with one attached hydrogen (secondary N) is 1. The van der Waals surface area contributed by atoms with E-state index in [1.165, 1.54) is 11.1 Å². The lowest BCUT2D eigenvalue weighted by molar-refractivity contribution is 1.33. The maximum atomic E-state index is 5.78. The molecule has 0 saturated heterocycles. The summed E-state index contributed by atoms with van der Waals surface area (Å²) in [5.74, 6) is 0. The number of halogens is 1. The van der Waals surface area contributed by atoms with Crippen LogP contribution in [0.1, 0.15) is 16.7 Å². The highest BCUT2D eigenvalue weighted by molar-refractivity contribution is 9.10. The quantitative estimate of drug-likeness (QED) is 0.814. The lowest BCUT2D eigenvalue weighted by Crippen LogP contribution is -2.12. The van der Waals surface area contributed by atoms with Crippen LogP contribution in [0.15, 0.2) is 40.9 Å². The summed E-state index contributed by atoms with van der Waals surface area (Å²) in [6.07, 6.45) is 0. The normalized spacial score (nSPS) is 10.3.